The molecule has 2 aromatic carbocycles. The maximum atomic E-state index is 13.2. The highest BCUT2D eigenvalue weighted by Crippen LogP contribution is 2.21. The van der Waals surface area contributed by atoms with E-state index in [0.717, 1.165) is 0 Å². The van der Waals surface area contributed by atoms with Crippen molar-refractivity contribution in [3.8, 4) is 0 Å². The molecule has 0 bridgehead atoms. The summed E-state index contributed by atoms with van der Waals surface area (Å²) >= 11 is 7.08. The number of amides is 2. The lowest BCUT2D eigenvalue weighted by Gasteiger charge is -2.15. The van der Waals surface area contributed by atoms with Gasteiger partial charge in [-0.2, -0.15) is 0 Å². The molecule has 0 saturated heterocycles. The molecule has 0 aliphatic heterocycles. The Morgan fingerprint density at radius 2 is 1.94 bits per heavy atom. The Hall–Kier alpha value is -2.91. The summed E-state index contributed by atoms with van der Waals surface area (Å²) in [6, 6.07) is 11.9. The number of rotatable bonds is 8. The highest BCUT2D eigenvalue weighted by molar-refractivity contribution is 7.99. The molecule has 3 rings (SSSR count). The molecule has 3 aromatic rings. The van der Waals surface area contributed by atoms with E-state index in [9.17, 15) is 14.0 Å². The maximum Gasteiger partial charge on any atom is 0.251 e. The van der Waals surface area contributed by atoms with Crippen molar-refractivity contribution in [3.63, 3.8) is 0 Å². The van der Waals surface area contributed by atoms with E-state index in [2.05, 4.69) is 20.8 Å². The Morgan fingerprint density at radius 3 is 2.61 bits per heavy atom. The van der Waals surface area contributed by atoms with Crippen molar-refractivity contribution >= 4 is 40.9 Å². The van der Waals surface area contributed by atoms with Gasteiger partial charge < -0.3 is 15.2 Å². The van der Waals surface area contributed by atoms with E-state index >= 15 is 0 Å². The van der Waals surface area contributed by atoms with Crippen molar-refractivity contribution in [1.29, 1.82) is 0 Å². The molecule has 2 amide bonds. The van der Waals surface area contributed by atoms with Crippen LogP contribution in [0.25, 0.3) is 0 Å². The lowest BCUT2D eigenvalue weighted by atomic mass is 10.2. The molecule has 2 N–H and O–H groups in total. The lowest BCUT2D eigenvalue weighted by molar-refractivity contribution is -0.113. The van der Waals surface area contributed by atoms with Gasteiger partial charge in [-0.25, -0.2) is 4.39 Å². The second-order valence-electron chi connectivity index (χ2n) is 6.63. The normalized spacial score (nSPS) is 11.7. The van der Waals surface area contributed by atoms with E-state index in [-0.39, 0.29) is 17.6 Å². The van der Waals surface area contributed by atoms with E-state index in [4.69, 9.17) is 11.6 Å². The van der Waals surface area contributed by atoms with Gasteiger partial charge in [0.15, 0.2) is 11.0 Å². The highest BCUT2D eigenvalue weighted by Gasteiger charge is 2.20. The summed E-state index contributed by atoms with van der Waals surface area (Å²) in [5.41, 5.74) is 0.879. The molecular weight excluding hydrogens is 441 g/mol. The number of nitrogens with one attached hydrogen (secondary N) is 2. The highest BCUT2D eigenvalue weighted by atomic mass is 35.5. The van der Waals surface area contributed by atoms with E-state index in [1.165, 1.54) is 30.0 Å². The molecule has 1 atom stereocenters. The summed E-state index contributed by atoms with van der Waals surface area (Å²) in [7, 11) is 0. The average Bonchev–Trinajstić information content (AvgIpc) is 3.16. The van der Waals surface area contributed by atoms with Crippen molar-refractivity contribution < 1.29 is 14.0 Å². The zero-order valence-electron chi connectivity index (χ0n) is 16.9. The van der Waals surface area contributed by atoms with Gasteiger partial charge in [0.05, 0.1) is 11.8 Å². The first kappa shape index (κ1) is 22.8. The van der Waals surface area contributed by atoms with Gasteiger partial charge in [-0.15, -0.1) is 10.2 Å². The van der Waals surface area contributed by atoms with Gasteiger partial charge in [-0.3, -0.25) is 9.59 Å². The second kappa shape index (κ2) is 10.4. The largest absolute Gasteiger partial charge is 0.342 e. The molecule has 0 aliphatic carbocycles. The van der Waals surface area contributed by atoms with Gasteiger partial charge in [0.1, 0.15) is 5.82 Å². The number of aromatic nitrogens is 3. The summed E-state index contributed by atoms with van der Waals surface area (Å²) in [6.07, 6.45) is 0. The number of benzene rings is 2. The molecule has 0 radical (unpaired) electrons. The van der Waals surface area contributed by atoms with E-state index < -0.39 is 11.9 Å². The quantitative estimate of drug-likeness (QED) is 0.488. The number of hydrogen-bond acceptors (Lipinski definition) is 5. The summed E-state index contributed by atoms with van der Waals surface area (Å²) in [6.45, 7) is 4.31. The van der Waals surface area contributed by atoms with Gasteiger partial charge >= 0.3 is 0 Å². The molecule has 0 unspecified atom stereocenters. The smallest absolute Gasteiger partial charge is 0.251 e. The van der Waals surface area contributed by atoms with Crippen LogP contribution in [0.5, 0.6) is 0 Å². The summed E-state index contributed by atoms with van der Waals surface area (Å²) in [5.74, 6) is -0.293. The first-order chi connectivity index (χ1) is 14.9. The zero-order chi connectivity index (χ0) is 22.4. The SMILES string of the molecule is CCn1c(SCC(=O)Nc2cccc(F)c2)nnc1[C@@H](C)NC(=O)c1ccc(Cl)cc1. The summed E-state index contributed by atoms with van der Waals surface area (Å²) in [5, 5.41) is 15.0. The van der Waals surface area contributed by atoms with E-state index in [0.29, 0.717) is 33.8 Å². The van der Waals surface area contributed by atoms with Gasteiger partial charge in [-0.1, -0.05) is 29.4 Å². The number of anilines is 1. The van der Waals surface area contributed by atoms with Crippen molar-refractivity contribution in [1.82, 2.24) is 20.1 Å². The monoisotopic (exact) mass is 461 g/mol. The predicted molar refractivity (Wildman–Crippen MR) is 119 cm³/mol. The number of carbonyl (C=O) groups excluding carboxylic acids is 2. The van der Waals surface area contributed by atoms with Gasteiger partial charge in [0.2, 0.25) is 5.91 Å². The molecule has 0 saturated carbocycles. The Morgan fingerprint density at radius 1 is 1.19 bits per heavy atom. The van der Waals surface area contributed by atoms with Crippen molar-refractivity contribution in [2.45, 2.75) is 31.6 Å². The molecule has 1 aromatic heterocycles. The molecule has 31 heavy (non-hydrogen) atoms. The minimum atomic E-state index is -0.421. The van der Waals surface area contributed by atoms with E-state index in [1.807, 2.05) is 18.4 Å². The van der Waals surface area contributed by atoms with Crippen LogP contribution in [0.15, 0.2) is 53.7 Å². The second-order valence-corrected chi connectivity index (χ2v) is 8.01. The first-order valence-electron chi connectivity index (χ1n) is 9.55. The maximum absolute atomic E-state index is 13.2. The molecular formula is C21H21ClFN5O2S. The van der Waals surface area contributed by atoms with Crippen LogP contribution in [0.3, 0.4) is 0 Å². The Balaban J connectivity index is 1.62. The number of thioether (sulfide) groups is 1. The zero-order valence-corrected chi connectivity index (χ0v) is 18.5. The number of halogens is 2. The Bertz CT molecular complexity index is 1070. The molecule has 162 valence electrons. The Labute approximate surface area is 188 Å². The third kappa shape index (κ3) is 6.05. The fourth-order valence-electron chi connectivity index (χ4n) is 2.86. The molecule has 0 fully saturated rings. The number of hydrogen-bond donors (Lipinski definition) is 2. The van der Waals surface area contributed by atoms with E-state index in [1.54, 1.807) is 30.3 Å². The molecule has 0 aliphatic rings. The number of nitrogens with zero attached hydrogens (tertiary/aromatic N) is 3. The minimum absolute atomic E-state index is 0.0835. The lowest BCUT2D eigenvalue weighted by Crippen LogP contribution is -2.28. The topological polar surface area (TPSA) is 88.9 Å². The van der Waals surface area contributed by atoms with Gasteiger partial charge in [-0.05, 0) is 56.3 Å². The molecule has 0 spiro atoms. The van der Waals surface area contributed by atoms with Crippen LogP contribution in [0, 0.1) is 5.82 Å². The summed E-state index contributed by atoms with van der Waals surface area (Å²) in [4.78, 5) is 24.6. The molecule has 1 heterocycles. The average molecular weight is 462 g/mol. The van der Waals surface area contributed by atoms with Crippen LogP contribution in [0.4, 0.5) is 10.1 Å². The third-order valence-electron chi connectivity index (χ3n) is 4.34. The van der Waals surface area contributed by atoms with Crippen LogP contribution in [-0.4, -0.2) is 32.3 Å². The Kier molecular flexibility index (Phi) is 7.64. The summed E-state index contributed by atoms with van der Waals surface area (Å²) < 4.78 is 15.1. The van der Waals surface area contributed by atoms with Crippen LogP contribution in [-0.2, 0) is 11.3 Å². The van der Waals surface area contributed by atoms with Crippen molar-refractivity contribution in [2.75, 3.05) is 11.1 Å². The molecule has 7 nitrogen and oxygen atoms in total. The van der Waals surface area contributed by atoms with Gasteiger partial charge in [0, 0.05) is 22.8 Å². The van der Waals surface area contributed by atoms with Crippen molar-refractivity contribution in [2.24, 2.45) is 0 Å². The van der Waals surface area contributed by atoms with Crippen LogP contribution >= 0.6 is 23.4 Å². The minimum Gasteiger partial charge on any atom is -0.342 e. The first-order valence-corrected chi connectivity index (χ1v) is 10.9. The fourth-order valence-corrected chi connectivity index (χ4v) is 3.80. The van der Waals surface area contributed by atoms with Crippen molar-refractivity contribution in [3.05, 3.63) is 70.8 Å². The van der Waals surface area contributed by atoms with Crippen LogP contribution in [0.1, 0.15) is 36.1 Å². The number of carbonyl (C=O) groups is 2. The van der Waals surface area contributed by atoms with Crippen LogP contribution < -0.4 is 10.6 Å². The van der Waals surface area contributed by atoms with Gasteiger partial charge in [0.25, 0.3) is 5.91 Å². The fraction of sp³-hybridized carbons (Fsp3) is 0.238. The van der Waals surface area contributed by atoms with Crippen LogP contribution in [0.2, 0.25) is 5.02 Å². The third-order valence-corrected chi connectivity index (χ3v) is 5.56. The standard InChI is InChI=1S/C21H21ClFN5O2S/c1-3-28-19(13(2)24-20(30)14-7-9-15(22)10-8-14)26-27-21(28)31-12-18(29)25-17-6-4-5-16(23)11-17/h4-11,13H,3,12H2,1-2H3,(H,24,30)(H,25,29)/t13-/m1/s1. The predicted octanol–water partition coefficient (Wildman–Crippen LogP) is 4.31. The molecule has 10 heteroatoms.